The van der Waals surface area contributed by atoms with Crippen LogP contribution in [0.25, 0.3) is 0 Å². The van der Waals surface area contributed by atoms with Crippen LogP contribution in [0.1, 0.15) is 42.0 Å². The van der Waals surface area contributed by atoms with Gasteiger partial charge in [-0.3, -0.25) is 14.5 Å². The molecule has 0 saturated carbocycles. The summed E-state index contributed by atoms with van der Waals surface area (Å²) in [5.74, 6) is 0.493. The summed E-state index contributed by atoms with van der Waals surface area (Å²) >= 11 is 0. The maximum Gasteiger partial charge on any atom is 0.289 e. The molecule has 5 heteroatoms. The van der Waals surface area contributed by atoms with E-state index in [1.54, 1.807) is 6.92 Å². The first-order valence-electron chi connectivity index (χ1n) is 7.78. The van der Waals surface area contributed by atoms with Crippen LogP contribution < -0.4 is 5.43 Å². The lowest BCUT2D eigenvalue weighted by Gasteiger charge is -2.32. The molecule has 0 spiro atoms. The Hall–Kier alpha value is -1.62. The minimum atomic E-state index is -0.172. The first kappa shape index (κ1) is 14.3. The molecule has 0 aromatic carbocycles. The first-order chi connectivity index (χ1) is 10.1. The van der Waals surface area contributed by atoms with Gasteiger partial charge in [0, 0.05) is 31.3 Å². The number of aryl methyl sites for hydroxylation is 1. The fourth-order valence-corrected chi connectivity index (χ4v) is 3.37. The lowest BCUT2D eigenvalue weighted by Crippen LogP contribution is -2.41. The van der Waals surface area contributed by atoms with Crippen LogP contribution in [0.5, 0.6) is 0 Å². The van der Waals surface area contributed by atoms with Crippen molar-refractivity contribution in [2.45, 2.75) is 38.6 Å². The summed E-state index contributed by atoms with van der Waals surface area (Å²) < 4.78 is 5.41. The van der Waals surface area contributed by atoms with Crippen molar-refractivity contribution in [1.29, 1.82) is 0 Å². The second-order valence-electron chi connectivity index (χ2n) is 6.06. The van der Waals surface area contributed by atoms with Gasteiger partial charge in [0.05, 0.1) is 0 Å². The third-order valence-electron chi connectivity index (χ3n) is 4.46. The summed E-state index contributed by atoms with van der Waals surface area (Å²) in [6, 6.07) is 3.16. The molecule has 1 unspecified atom stereocenters. The lowest BCUT2D eigenvalue weighted by atomic mass is 10.1. The third kappa shape index (κ3) is 3.18. The van der Waals surface area contributed by atoms with Gasteiger partial charge in [0.2, 0.25) is 0 Å². The smallest absolute Gasteiger partial charge is 0.289 e. The highest BCUT2D eigenvalue weighted by Gasteiger charge is 2.32. The van der Waals surface area contributed by atoms with E-state index in [1.807, 2.05) is 4.90 Å². The van der Waals surface area contributed by atoms with Gasteiger partial charge >= 0.3 is 0 Å². The quantitative estimate of drug-likeness (QED) is 0.831. The predicted octanol–water partition coefficient (Wildman–Crippen LogP) is 1.65. The average molecular weight is 290 g/mol. The van der Waals surface area contributed by atoms with Crippen molar-refractivity contribution < 1.29 is 9.21 Å². The molecule has 21 heavy (non-hydrogen) atoms. The second kappa shape index (κ2) is 6.02. The summed E-state index contributed by atoms with van der Waals surface area (Å²) in [7, 11) is 0. The van der Waals surface area contributed by atoms with Crippen LogP contribution in [0.2, 0.25) is 0 Å². The number of likely N-dealkylation sites (tertiary alicyclic amines) is 2. The van der Waals surface area contributed by atoms with Crippen molar-refractivity contribution in [3.05, 3.63) is 33.9 Å². The molecule has 0 radical (unpaired) electrons. The van der Waals surface area contributed by atoms with Gasteiger partial charge in [-0.25, -0.2) is 0 Å². The Morgan fingerprint density at radius 3 is 2.67 bits per heavy atom. The average Bonchev–Trinajstić information content (AvgIpc) is 2.96. The Kier molecular flexibility index (Phi) is 4.10. The van der Waals surface area contributed by atoms with Crippen molar-refractivity contribution in [3.63, 3.8) is 0 Å². The van der Waals surface area contributed by atoms with Crippen molar-refractivity contribution in [2.75, 3.05) is 26.2 Å². The summed E-state index contributed by atoms with van der Waals surface area (Å²) in [5.41, 5.74) is -0.172. The number of rotatable bonds is 2. The Balaban J connectivity index is 1.67. The molecule has 114 valence electrons. The van der Waals surface area contributed by atoms with Crippen LogP contribution in [0.15, 0.2) is 21.3 Å². The molecule has 0 N–H and O–H groups in total. The highest BCUT2D eigenvalue weighted by Crippen LogP contribution is 2.21. The largest absolute Gasteiger partial charge is 0.456 e. The van der Waals surface area contributed by atoms with Gasteiger partial charge in [-0.2, -0.15) is 0 Å². The van der Waals surface area contributed by atoms with Gasteiger partial charge in [0.1, 0.15) is 5.76 Å². The van der Waals surface area contributed by atoms with E-state index in [4.69, 9.17) is 4.42 Å². The van der Waals surface area contributed by atoms with Gasteiger partial charge in [0.25, 0.3) is 5.91 Å². The molecule has 3 rings (SSSR count). The van der Waals surface area contributed by atoms with E-state index in [1.165, 1.54) is 31.4 Å². The molecule has 0 bridgehead atoms. The first-order valence-corrected chi connectivity index (χ1v) is 7.78. The van der Waals surface area contributed by atoms with E-state index in [2.05, 4.69) is 4.90 Å². The Labute approximate surface area is 124 Å². The Morgan fingerprint density at radius 2 is 1.95 bits per heavy atom. The van der Waals surface area contributed by atoms with Gasteiger partial charge in [0.15, 0.2) is 11.2 Å². The standard InChI is InChI=1S/C16H22N2O3/c1-12-9-14(19)10-15(21-12)16(20)18-8-5-13(11-18)17-6-3-2-4-7-17/h9-10,13H,2-8,11H2,1H3. The van der Waals surface area contributed by atoms with Crippen molar-refractivity contribution in [3.8, 4) is 0 Å². The number of amides is 1. The SMILES string of the molecule is Cc1cc(=O)cc(C(=O)N2CCC(N3CCCCC3)C2)o1. The summed E-state index contributed by atoms with van der Waals surface area (Å²) in [4.78, 5) is 28.3. The zero-order chi connectivity index (χ0) is 14.8. The number of carbonyl (C=O) groups is 1. The van der Waals surface area contributed by atoms with Gasteiger partial charge < -0.3 is 9.32 Å². The second-order valence-corrected chi connectivity index (χ2v) is 6.06. The van der Waals surface area contributed by atoms with Crippen molar-refractivity contribution in [1.82, 2.24) is 9.80 Å². The third-order valence-corrected chi connectivity index (χ3v) is 4.46. The summed E-state index contributed by atoms with van der Waals surface area (Å²) in [6.07, 6.45) is 4.86. The number of hydrogen-bond acceptors (Lipinski definition) is 4. The van der Waals surface area contributed by atoms with Crippen LogP contribution in [-0.4, -0.2) is 47.9 Å². The van der Waals surface area contributed by atoms with Crippen molar-refractivity contribution in [2.24, 2.45) is 0 Å². The molecule has 1 aromatic heterocycles. The maximum atomic E-state index is 12.5. The molecule has 2 aliphatic rings. The van der Waals surface area contributed by atoms with E-state index >= 15 is 0 Å². The van der Waals surface area contributed by atoms with Gasteiger partial charge in [-0.05, 0) is 39.3 Å². The Morgan fingerprint density at radius 1 is 1.19 bits per heavy atom. The van der Waals surface area contributed by atoms with Gasteiger partial charge in [-0.1, -0.05) is 6.42 Å². The summed E-state index contributed by atoms with van der Waals surface area (Å²) in [5, 5.41) is 0. The van der Waals surface area contributed by atoms with Crippen LogP contribution in [0.3, 0.4) is 0 Å². The minimum absolute atomic E-state index is 0.157. The fourth-order valence-electron chi connectivity index (χ4n) is 3.37. The van der Waals surface area contributed by atoms with E-state index in [9.17, 15) is 9.59 Å². The molecular formula is C16H22N2O3. The minimum Gasteiger partial charge on any atom is -0.456 e. The Bertz CT molecular complexity index is 575. The molecule has 2 aliphatic heterocycles. The molecule has 2 saturated heterocycles. The normalized spacial score (nSPS) is 23.5. The molecule has 2 fully saturated rings. The highest BCUT2D eigenvalue weighted by molar-refractivity contribution is 5.91. The molecule has 1 atom stereocenters. The van der Waals surface area contributed by atoms with E-state index < -0.39 is 0 Å². The monoisotopic (exact) mass is 290 g/mol. The predicted molar refractivity (Wildman–Crippen MR) is 79.4 cm³/mol. The lowest BCUT2D eigenvalue weighted by molar-refractivity contribution is 0.0736. The molecular weight excluding hydrogens is 268 g/mol. The number of nitrogens with zero attached hydrogens (tertiary/aromatic N) is 2. The number of carbonyl (C=O) groups excluding carboxylic acids is 1. The summed E-state index contributed by atoms with van der Waals surface area (Å²) in [6.45, 7) is 5.48. The fraction of sp³-hybridized carbons (Fsp3) is 0.625. The van der Waals surface area contributed by atoms with E-state index in [-0.39, 0.29) is 17.1 Å². The van der Waals surface area contributed by atoms with Crippen LogP contribution in [0, 0.1) is 6.92 Å². The number of piperidine rings is 1. The van der Waals surface area contributed by atoms with Crippen LogP contribution >= 0.6 is 0 Å². The van der Waals surface area contributed by atoms with Crippen molar-refractivity contribution >= 4 is 5.91 Å². The zero-order valence-electron chi connectivity index (χ0n) is 12.5. The topological polar surface area (TPSA) is 53.8 Å². The molecule has 1 amide bonds. The molecule has 0 aliphatic carbocycles. The number of hydrogen-bond donors (Lipinski definition) is 0. The highest BCUT2D eigenvalue weighted by atomic mass is 16.3. The molecule has 5 nitrogen and oxygen atoms in total. The van der Waals surface area contributed by atoms with Gasteiger partial charge in [-0.15, -0.1) is 0 Å². The van der Waals surface area contributed by atoms with E-state index in [0.717, 1.165) is 32.6 Å². The van der Waals surface area contributed by atoms with Crippen LogP contribution in [-0.2, 0) is 0 Å². The molecule has 3 heterocycles. The van der Waals surface area contributed by atoms with Crippen LogP contribution in [0.4, 0.5) is 0 Å². The van der Waals surface area contributed by atoms with E-state index in [0.29, 0.717) is 11.8 Å². The molecule has 1 aromatic rings. The maximum absolute atomic E-state index is 12.5. The zero-order valence-corrected chi connectivity index (χ0v) is 12.5.